The third-order valence-corrected chi connectivity index (χ3v) is 4.79. The first kappa shape index (κ1) is 13.6. The summed E-state index contributed by atoms with van der Waals surface area (Å²) in [5.41, 5.74) is 0.0927. The predicted molar refractivity (Wildman–Crippen MR) is 80.2 cm³/mol. The first-order valence-corrected chi connectivity index (χ1v) is 7.70. The highest BCUT2D eigenvalue weighted by atomic mass is 16.1. The van der Waals surface area contributed by atoms with Crippen molar-refractivity contribution in [1.82, 2.24) is 14.9 Å². The molecular weight excluding hydrogens is 252 g/mol. The van der Waals surface area contributed by atoms with Crippen molar-refractivity contribution in [3.8, 4) is 0 Å². The summed E-state index contributed by atoms with van der Waals surface area (Å²) >= 11 is 0. The summed E-state index contributed by atoms with van der Waals surface area (Å²) in [5.74, 6) is 1.35. The third-order valence-electron chi connectivity index (χ3n) is 4.79. The Balaban J connectivity index is 1.72. The molecule has 3 rings (SSSR count). The number of piperidine rings is 1. The van der Waals surface area contributed by atoms with E-state index in [-0.39, 0.29) is 5.56 Å². The molecular formula is C15H24N4O. The average Bonchev–Trinajstić information content (AvgIpc) is 3.31. The SMILES string of the molecule is CNC(C)C1CCN(c2nccn(C3CC3)c2=O)CC1. The summed E-state index contributed by atoms with van der Waals surface area (Å²) in [6.45, 7) is 4.11. The molecule has 2 heterocycles. The molecule has 1 N–H and O–H groups in total. The third kappa shape index (κ3) is 2.59. The number of nitrogens with one attached hydrogen (secondary N) is 1. The van der Waals surface area contributed by atoms with Gasteiger partial charge in [0, 0.05) is 37.6 Å². The quantitative estimate of drug-likeness (QED) is 0.903. The molecule has 1 aliphatic carbocycles. The van der Waals surface area contributed by atoms with Crippen LogP contribution in [0.3, 0.4) is 0 Å². The standard InChI is InChI=1S/C15H24N4O/c1-11(16-2)12-5-8-18(9-6-12)14-15(20)19(10-7-17-14)13-3-4-13/h7,10-13,16H,3-6,8-9H2,1-2H3. The lowest BCUT2D eigenvalue weighted by molar-refractivity contribution is 0.322. The van der Waals surface area contributed by atoms with Crippen molar-refractivity contribution in [3.05, 3.63) is 22.7 Å². The Morgan fingerprint density at radius 2 is 2.00 bits per heavy atom. The van der Waals surface area contributed by atoms with Gasteiger partial charge in [-0.1, -0.05) is 0 Å². The summed E-state index contributed by atoms with van der Waals surface area (Å²) < 4.78 is 1.87. The maximum Gasteiger partial charge on any atom is 0.293 e. The van der Waals surface area contributed by atoms with Crippen LogP contribution in [-0.4, -0.2) is 35.7 Å². The van der Waals surface area contributed by atoms with E-state index in [1.807, 2.05) is 17.8 Å². The molecule has 1 unspecified atom stereocenters. The topological polar surface area (TPSA) is 50.2 Å². The average molecular weight is 276 g/mol. The fourth-order valence-corrected chi connectivity index (χ4v) is 3.12. The number of rotatable bonds is 4. The molecule has 1 aromatic rings. The summed E-state index contributed by atoms with van der Waals surface area (Å²) in [6, 6.07) is 0.968. The van der Waals surface area contributed by atoms with Crippen molar-refractivity contribution in [2.75, 3.05) is 25.0 Å². The monoisotopic (exact) mass is 276 g/mol. The lowest BCUT2D eigenvalue weighted by atomic mass is 9.90. The van der Waals surface area contributed by atoms with Crippen molar-refractivity contribution in [1.29, 1.82) is 0 Å². The minimum Gasteiger partial charge on any atom is -0.352 e. The van der Waals surface area contributed by atoms with E-state index in [1.54, 1.807) is 6.20 Å². The van der Waals surface area contributed by atoms with Crippen LogP contribution in [0.1, 0.15) is 38.6 Å². The van der Waals surface area contributed by atoms with E-state index < -0.39 is 0 Å². The van der Waals surface area contributed by atoms with Crippen molar-refractivity contribution in [3.63, 3.8) is 0 Å². The second kappa shape index (κ2) is 5.56. The van der Waals surface area contributed by atoms with Gasteiger partial charge >= 0.3 is 0 Å². The Morgan fingerprint density at radius 1 is 1.30 bits per heavy atom. The van der Waals surface area contributed by atoms with Gasteiger partial charge in [-0.05, 0) is 45.6 Å². The van der Waals surface area contributed by atoms with Crippen molar-refractivity contribution in [2.45, 2.75) is 44.7 Å². The molecule has 1 saturated heterocycles. The lowest BCUT2D eigenvalue weighted by Crippen LogP contribution is -2.43. The van der Waals surface area contributed by atoms with E-state index in [2.05, 4.69) is 22.1 Å². The molecule has 1 atom stereocenters. The van der Waals surface area contributed by atoms with Crippen molar-refractivity contribution < 1.29 is 0 Å². The van der Waals surface area contributed by atoms with Crippen LogP contribution in [0.5, 0.6) is 0 Å². The van der Waals surface area contributed by atoms with Gasteiger partial charge in [0.15, 0.2) is 5.82 Å². The zero-order valence-electron chi connectivity index (χ0n) is 12.4. The molecule has 110 valence electrons. The summed E-state index contributed by atoms with van der Waals surface area (Å²) in [6.07, 6.45) is 8.12. The maximum absolute atomic E-state index is 12.5. The Kier molecular flexibility index (Phi) is 3.78. The number of anilines is 1. The smallest absolute Gasteiger partial charge is 0.293 e. The zero-order valence-corrected chi connectivity index (χ0v) is 12.4. The largest absolute Gasteiger partial charge is 0.352 e. The van der Waals surface area contributed by atoms with E-state index >= 15 is 0 Å². The van der Waals surface area contributed by atoms with Gasteiger partial charge in [-0.15, -0.1) is 0 Å². The van der Waals surface area contributed by atoms with E-state index in [4.69, 9.17) is 0 Å². The minimum atomic E-state index is 0.0927. The first-order chi connectivity index (χ1) is 9.70. The van der Waals surface area contributed by atoms with Crippen molar-refractivity contribution in [2.24, 2.45) is 5.92 Å². The number of aromatic nitrogens is 2. The van der Waals surface area contributed by atoms with Crippen LogP contribution in [0.25, 0.3) is 0 Å². The lowest BCUT2D eigenvalue weighted by Gasteiger charge is -2.35. The van der Waals surface area contributed by atoms with Gasteiger partial charge < -0.3 is 14.8 Å². The van der Waals surface area contributed by atoms with Crippen LogP contribution in [0.4, 0.5) is 5.82 Å². The molecule has 0 spiro atoms. The summed E-state index contributed by atoms with van der Waals surface area (Å²) in [5, 5.41) is 3.33. The van der Waals surface area contributed by atoms with Gasteiger partial charge in [-0.2, -0.15) is 0 Å². The fraction of sp³-hybridized carbons (Fsp3) is 0.733. The molecule has 0 bridgehead atoms. The molecule has 0 amide bonds. The Labute approximate surface area is 120 Å². The van der Waals surface area contributed by atoms with Crippen LogP contribution >= 0.6 is 0 Å². The zero-order chi connectivity index (χ0) is 14.1. The molecule has 2 fully saturated rings. The number of hydrogen-bond acceptors (Lipinski definition) is 4. The second-order valence-corrected chi connectivity index (χ2v) is 6.10. The van der Waals surface area contributed by atoms with Crippen LogP contribution in [0.15, 0.2) is 17.2 Å². The predicted octanol–water partition coefficient (Wildman–Crippen LogP) is 1.40. The van der Waals surface area contributed by atoms with Gasteiger partial charge in [0.2, 0.25) is 0 Å². The molecule has 5 nitrogen and oxygen atoms in total. The Hall–Kier alpha value is -1.36. The van der Waals surface area contributed by atoms with E-state index in [0.29, 0.717) is 23.8 Å². The van der Waals surface area contributed by atoms with Gasteiger partial charge in [0.1, 0.15) is 0 Å². The summed E-state index contributed by atoms with van der Waals surface area (Å²) in [7, 11) is 2.02. The van der Waals surface area contributed by atoms with Gasteiger partial charge in [-0.25, -0.2) is 4.98 Å². The molecule has 20 heavy (non-hydrogen) atoms. The van der Waals surface area contributed by atoms with Gasteiger partial charge in [-0.3, -0.25) is 4.79 Å². The minimum absolute atomic E-state index is 0.0927. The van der Waals surface area contributed by atoms with Crippen LogP contribution < -0.4 is 15.8 Å². The molecule has 0 aromatic carbocycles. The molecule has 1 saturated carbocycles. The highest BCUT2D eigenvalue weighted by molar-refractivity contribution is 5.36. The molecule has 1 aliphatic heterocycles. The second-order valence-electron chi connectivity index (χ2n) is 6.10. The number of hydrogen-bond donors (Lipinski definition) is 1. The van der Waals surface area contributed by atoms with E-state index in [1.165, 1.54) is 0 Å². The highest BCUT2D eigenvalue weighted by Gasteiger charge is 2.28. The Bertz CT molecular complexity index is 515. The van der Waals surface area contributed by atoms with E-state index in [9.17, 15) is 4.79 Å². The fourth-order valence-electron chi connectivity index (χ4n) is 3.12. The van der Waals surface area contributed by atoms with Crippen LogP contribution in [0, 0.1) is 5.92 Å². The van der Waals surface area contributed by atoms with Gasteiger partial charge in [0.05, 0.1) is 0 Å². The molecule has 0 radical (unpaired) electrons. The van der Waals surface area contributed by atoms with Crippen LogP contribution in [0.2, 0.25) is 0 Å². The normalized spacial score (nSPS) is 22.0. The molecule has 5 heteroatoms. The molecule has 2 aliphatic rings. The van der Waals surface area contributed by atoms with Gasteiger partial charge in [0.25, 0.3) is 5.56 Å². The number of nitrogens with zero attached hydrogens (tertiary/aromatic N) is 3. The van der Waals surface area contributed by atoms with Crippen molar-refractivity contribution >= 4 is 5.82 Å². The summed E-state index contributed by atoms with van der Waals surface area (Å²) in [4.78, 5) is 19.0. The highest BCUT2D eigenvalue weighted by Crippen LogP contribution is 2.33. The first-order valence-electron chi connectivity index (χ1n) is 7.70. The molecule has 1 aromatic heterocycles. The van der Waals surface area contributed by atoms with E-state index in [0.717, 1.165) is 38.8 Å². The van der Waals surface area contributed by atoms with Crippen LogP contribution in [-0.2, 0) is 0 Å². The maximum atomic E-state index is 12.5. The Morgan fingerprint density at radius 3 is 2.60 bits per heavy atom.